The van der Waals surface area contributed by atoms with Gasteiger partial charge in [0.15, 0.2) is 6.54 Å². The molecule has 1 heterocycles. The first kappa shape index (κ1) is 29.1. The summed E-state index contributed by atoms with van der Waals surface area (Å²) in [5.74, 6) is -1.93. The van der Waals surface area contributed by atoms with Gasteiger partial charge in [-0.15, -0.1) is 0 Å². The lowest BCUT2D eigenvalue weighted by Crippen LogP contribution is -2.37. The molecule has 2 N–H and O–H groups in total. The Balaban J connectivity index is 1.80. The van der Waals surface area contributed by atoms with Gasteiger partial charge in [0.05, 0.1) is 47.5 Å². The van der Waals surface area contributed by atoms with Crippen molar-refractivity contribution in [2.45, 2.75) is 26.5 Å². The number of methoxy groups -OCH3 is 1. The number of esters is 1. The number of aryl methyl sites for hydroxylation is 2. The molecule has 0 amide bonds. The third-order valence-corrected chi connectivity index (χ3v) is 7.20. The fraction of sp³-hybridized carbons (Fsp3) is 0.276. The third-order valence-electron chi connectivity index (χ3n) is 6.40. The van der Waals surface area contributed by atoms with Crippen molar-refractivity contribution in [3.8, 4) is 5.75 Å². The van der Waals surface area contributed by atoms with Crippen molar-refractivity contribution in [1.29, 1.82) is 0 Å². The zero-order valence-corrected chi connectivity index (χ0v) is 22.9. The molecular weight excluding hydrogens is 538 g/mol. The number of aromatic carboxylic acids is 1. The first-order valence-corrected chi connectivity index (χ1v) is 14.2. The van der Waals surface area contributed by atoms with E-state index < -0.39 is 27.8 Å². The van der Waals surface area contributed by atoms with E-state index in [2.05, 4.69) is 0 Å². The van der Waals surface area contributed by atoms with Crippen LogP contribution in [0.4, 0.5) is 0 Å². The monoisotopic (exact) mass is 568 g/mol. The Bertz CT molecular complexity index is 1630. The van der Waals surface area contributed by atoms with Crippen LogP contribution in [0.1, 0.15) is 38.3 Å². The molecule has 0 saturated heterocycles. The number of fused-ring (bicyclic) bond motifs is 2. The number of nitrogens with zero attached hydrogens (tertiary/aromatic N) is 1. The van der Waals surface area contributed by atoms with E-state index in [1.807, 2.05) is 28.8 Å². The molecule has 0 saturated carbocycles. The molecule has 3 aromatic carbocycles. The Kier molecular flexibility index (Phi) is 9.10. The van der Waals surface area contributed by atoms with Crippen LogP contribution < -0.4 is 9.30 Å². The zero-order valence-electron chi connectivity index (χ0n) is 22.1. The summed E-state index contributed by atoms with van der Waals surface area (Å²) in [5, 5.41) is 10.7. The smallest absolute Gasteiger partial charge is 0.345 e. The Labute approximate surface area is 231 Å². The summed E-state index contributed by atoms with van der Waals surface area (Å²) < 4.78 is 50.3. The van der Waals surface area contributed by atoms with Gasteiger partial charge in [0.2, 0.25) is 11.0 Å². The van der Waals surface area contributed by atoms with Gasteiger partial charge >= 0.3 is 11.9 Å². The molecule has 4 aromatic rings. The molecule has 40 heavy (non-hydrogen) atoms. The number of benzene rings is 3. The summed E-state index contributed by atoms with van der Waals surface area (Å²) >= 11 is 0. The second-order valence-corrected chi connectivity index (χ2v) is 10.8. The van der Waals surface area contributed by atoms with Gasteiger partial charge in [0.1, 0.15) is 5.75 Å². The Morgan fingerprint density at radius 2 is 1.57 bits per heavy atom. The summed E-state index contributed by atoms with van der Waals surface area (Å²) in [5.41, 5.74) is 2.60. The average Bonchev–Trinajstić information content (AvgIpc) is 2.91. The normalized spacial score (nSPS) is 11.7. The largest absolute Gasteiger partial charge is 0.478 e. The van der Waals surface area contributed by atoms with E-state index in [0.717, 1.165) is 0 Å². The number of hydrogen-bond donors (Lipinski definition) is 2. The van der Waals surface area contributed by atoms with Gasteiger partial charge in [-0.3, -0.25) is 4.55 Å². The van der Waals surface area contributed by atoms with Crippen LogP contribution in [0.3, 0.4) is 0 Å². The summed E-state index contributed by atoms with van der Waals surface area (Å²) in [6.07, 6.45) is 0.169. The van der Waals surface area contributed by atoms with Gasteiger partial charge in [-0.2, -0.15) is 13.0 Å². The van der Waals surface area contributed by atoms with Crippen molar-refractivity contribution in [3.63, 3.8) is 0 Å². The highest BCUT2D eigenvalue weighted by Crippen LogP contribution is 2.31. The lowest BCUT2D eigenvalue weighted by atomic mass is 10.0. The number of carboxylic acids is 1. The van der Waals surface area contributed by atoms with Crippen LogP contribution in [0.15, 0.2) is 60.7 Å². The molecule has 10 nitrogen and oxygen atoms in total. The molecule has 0 spiro atoms. The van der Waals surface area contributed by atoms with Crippen LogP contribution in [0, 0.1) is 6.92 Å². The van der Waals surface area contributed by atoms with Gasteiger partial charge in [0.25, 0.3) is 10.1 Å². The quantitative estimate of drug-likeness (QED) is 0.0649. The minimum Gasteiger partial charge on any atom is -0.478 e. The molecule has 0 bridgehead atoms. The summed E-state index contributed by atoms with van der Waals surface area (Å²) in [6.45, 7) is 2.58. The van der Waals surface area contributed by atoms with Crippen molar-refractivity contribution in [2.75, 3.05) is 26.1 Å². The van der Waals surface area contributed by atoms with Crippen molar-refractivity contribution in [1.82, 2.24) is 0 Å². The zero-order chi connectivity index (χ0) is 28.9. The number of ether oxygens (including phenoxy) is 3. The molecule has 210 valence electrons. The van der Waals surface area contributed by atoms with Gasteiger partial charge in [0, 0.05) is 31.2 Å². The fourth-order valence-corrected chi connectivity index (χ4v) is 5.17. The first-order chi connectivity index (χ1) is 19.1. The molecule has 11 heteroatoms. The van der Waals surface area contributed by atoms with Crippen LogP contribution in [-0.2, 0) is 32.7 Å². The Morgan fingerprint density at radius 3 is 2.15 bits per heavy atom. The minimum absolute atomic E-state index is 0.0119. The van der Waals surface area contributed by atoms with E-state index in [9.17, 15) is 27.7 Å². The maximum Gasteiger partial charge on any atom is 0.345 e. The van der Waals surface area contributed by atoms with Crippen molar-refractivity contribution in [2.24, 2.45) is 0 Å². The topological polar surface area (TPSA) is 140 Å². The van der Waals surface area contributed by atoms with Crippen LogP contribution in [0.2, 0.25) is 0 Å². The molecule has 4 rings (SSSR count). The van der Waals surface area contributed by atoms with E-state index in [1.165, 1.54) is 12.1 Å². The maximum absolute atomic E-state index is 13.9. The molecule has 0 fully saturated rings. The molecule has 0 aliphatic carbocycles. The summed E-state index contributed by atoms with van der Waals surface area (Å²) in [7, 11) is -2.59. The van der Waals surface area contributed by atoms with E-state index in [-0.39, 0.29) is 37.5 Å². The average molecular weight is 569 g/mol. The number of carboxylic acid groups (broad SMARTS) is 1. The number of para-hydroxylation sites is 2. The van der Waals surface area contributed by atoms with E-state index >= 15 is 0 Å². The molecule has 1 aromatic heterocycles. The van der Waals surface area contributed by atoms with Crippen LogP contribution >= 0.6 is 0 Å². The number of carbonyl (C=O) groups excluding carboxylic acids is 1. The molecular formula is C29H30NO9S+. The number of pyridine rings is 1. The Hall–Kier alpha value is -3.90. The predicted octanol–water partition coefficient (Wildman–Crippen LogP) is 3.95. The van der Waals surface area contributed by atoms with Crippen molar-refractivity contribution in [3.05, 3.63) is 82.9 Å². The molecule has 0 radical (unpaired) electrons. The lowest BCUT2D eigenvalue weighted by molar-refractivity contribution is -0.645. The first-order valence-electron chi connectivity index (χ1n) is 12.5. The summed E-state index contributed by atoms with van der Waals surface area (Å²) in [4.78, 5) is 25.6. The van der Waals surface area contributed by atoms with Gasteiger partial charge in [-0.1, -0.05) is 24.3 Å². The van der Waals surface area contributed by atoms with Gasteiger partial charge in [-0.05, 0) is 36.8 Å². The van der Waals surface area contributed by atoms with E-state index in [4.69, 9.17) is 14.2 Å². The molecule has 0 aliphatic heterocycles. The number of rotatable bonds is 12. The number of aromatic nitrogens is 1. The Morgan fingerprint density at radius 1 is 0.950 bits per heavy atom. The maximum atomic E-state index is 13.9. The van der Waals surface area contributed by atoms with Crippen LogP contribution in [-0.4, -0.2) is 56.1 Å². The molecule has 0 atom stereocenters. The lowest BCUT2D eigenvalue weighted by Gasteiger charge is -2.16. The van der Waals surface area contributed by atoms with Crippen molar-refractivity contribution < 1.29 is 46.4 Å². The van der Waals surface area contributed by atoms with Gasteiger partial charge < -0.3 is 19.3 Å². The molecule has 0 unspecified atom stereocenters. The highest BCUT2D eigenvalue weighted by atomic mass is 32.2. The second kappa shape index (κ2) is 12.5. The van der Waals surface area contributed by atoms with Crippen LogP contribution in [0.25, 0.3) is 21.8 Å². The standard InChI is InChI=1S/C29H29NO9S/c1-19-16-20(28(31)32)17-21(18-38-14-13-37-2)27(19)39-29(33)26-22-8-3-5-10-24(22)30(12-7-15-40(34,35)36)25-11-6-4-9-23(25)26/h3-6,8-11,16-17H,7,12-15,18H2,1-2H3,(H-,31,32,34,35,36)/p+1. The fourth-order valence-electron chi connectivity index (χ4n) is 4.67. The highest BCUT2D eigenvalue weighted by Gasteiger charge is 2.27. The summed E-state index contributed by atoms with van der Waals surface area (Å²) in [6, 6.07) is 17.3. The van der Waals surface area contributed by atoms with E-state index in [1.54, 1.807) is 38.3 Å². The second-order valence-electron chi connectivity index (χ2n) is 9.22. The van der Waals surface area contributed by atoms with Crippen molar-refractivity contribution >= 4 is 43.9 Å². The molecule has 0 aliphatic rings. The number of hydrogen-bond acceptors (Lipinski definition) is 7. The number of carbonyl (C=O) groups is 2. The van der Waals surface area contributed by atoms with Gasteiger partial charge in [-0.25, -0.2) is 9.59 Å². The van der Waals surface area contributed by atoms with Crippen LogP contribution in [0.5, 0.6) is 5.75 Å². The highest BCUT2D eigenvalue weighted by molar-refractivity contribution is 7.85. The minimum atomic E-state index is -4.13. The predicted molar refractivity (Wildman–Crippen MR) is 147 cm³/mol. The third kappa shape index (κ3) is 6.62. The van der Waals surface area contributed by atoms with E-state index in [0.29, 0.717) is 45.1 Å². The SMILES string of the molecule is COCCOCc1cc(C(=O)O)cc(C)c1OC(=O)c1c2ccccc2[n+](CCCS(=O)(=O)O)c2ccccc12.